The molecule has 0 bridgehead atoms. The maximum atomic E-state index is 12.4. The van der Waals surface area contributed by atoms with Crippen molar-refractivity contribution in [1.29, 1.82) is 0 Å². The molecule has 1 aromatic carbocycles. The highest BCUT2D eigenvalue weighted by Gasteiger charge is 2.24. The van der Waals surface area contributed by atoms with Gasteiger partial charge in [-0.3, -0.25) is 9.59 Å². The zero-order valence-corrected chi connectivity index (χ0v) is 14.0. The molecule has 0 saturated carbocycles. The summed E-state index contributed by atoms with van der Waals surface area (Å²) < 4.78 is 0. The summed E-state index contributed by atoms with van der Waals surface area (Å²) in [5.41, 5.74) is 0.714. The number of nitrogens with zero attached hydrogens (tertiary/aromatic N) is 2. The second kappa shape index (κ2) is 7.88. The molecular weight excluding hydrogens is 322 g/mol. The van der Waals surface area contributed by atoms with Gasteiger partial charge < -0.3 is 10.2 Å². The van der Waals surface area contributed by atoms with Crippen LogP contribution >= 0.6 is 11.3 Å². The van der Waals surface area contributed by atoms with Crippen LogP contribution in [0.1, 0.15) is 28.2 Å². The second-order valence-corrected chi connectivity index (χ2v) is 6.57. The monoisotopic (exact) mass is 341 g/mol. The minimum Gasteiger partial charge on any atom is -0.350 e. The molecule has 2 amide bonds. The van der Waals surface area contributed by atoms with Crippen LogP contribution in [0, 0.1) is 0 Å². The molecule has 2 aromatic rings. The van der Waals surface area contributed by atoms with Gasteiger partial charge in [0.15, 0.2) is 0 Å². The Morgan fingerprint density at radius 3 is 2.62 bits per heavy atom. The van der Waals surface area contributed by atoms with E-state index in [0.717, 1.165) is 17.8 Å². The van der Waals surface area contributed by atoms with Gasteiger partial charge in [-0.15, -0.1) is 11.3 Å². The van der Waals surface area contributed by atoms with E-state index in [4.69, 9.17) is 0 Å². The van der Waals surface area contributed by atoms with Crippen molar-refractivity contribution in [3.05, 3.63) is 58.6 Å². The van der Waals surface area contributed by atoms with Crippen molar-refractivity contribution in [2.45, 2.75) is 18.9 Å². The standard InChI is InChI=1S/C18H19N3O2S/c22-16(6-7-17-19-10-13-24-17)20-15-8-11-21(12-9-15)18(23)14-4-2-1-3-5-14/h1-7,10,13,15H,8-9,11-12H2,(H,20,22)/b7-6+. The third-order valence-electron chi connectivity index (χ3n) is 3.98. The smallest absolute Gasteiger partial charge is 0.253 e. The SMILES string of the molecule is O=C(/C=C/c1nccs1)NC1CCN(C(=O)c2ccccc2)CC1. The highest BCUT2D eigenvalue weighted by atomic mass is 32.1. The fourth-order valence-corrected chi connectivity index (χ4v) is 3.23. The molecule has 124 valence electrons. The minimum atomic E-state index is -0.113. The van der Waals surface area contributed by atoms with E-state index in [1.54, 1.807) is 12.3 Å². The number of nitrogens with one attached hydrogen (secondary N) is 1. The normalized spacial score (nSPS) is 15.6. The quantitative estimate of drug-likeness (QED) is 0.870. The lowest BCUT2D eigenvalue weighted by Crippen LogP contribution is -2.46. The van der Waals surface area contributed by atoms with Crippen LogP contribution in [0.3, 0.4) is 0 Å². The minimum absolute atomic E-state index is 0.0593. The van der Waals surface area contributed by atoms with Crippen LogP contribution in [0.25, 0.3) is 6.08 Å². The lowest BCUT2D eigenvalue weighted by molar-refractivity contribution is -0.117. The molecule has 1 aliphatic heterocycles. The largest absolute Gasteiger partial charge is 0.350 e. The van der Waals surface area contributed by atoms with Crippen LogP contribution in [0.5, 0.6) is 0 Å². The fraction of sp³-hybridized carbons (Fsp3) is 0.278. The predicted molar refractivity (Wildman–Crippen MR) is 94.7 cm³/mol. The highest BCUT2D eigenvalue weighted by molar-refractivity contribution is 7.10. The summed E-state index contributed by atoms with van der Waals surface area (Å²) >= 11 is 1.49. The molecule has 1 aromatic heterocycles. The van der Waals surface area contributed by atoms with E-state index in [9.17, 15) is 9.59 Å². The van der Waals surface area contributed by atoms with Crippen molar-refractivity contribution in [3.8, 4) is 0 Å². The van der Waals surface area contributed by atoms with Crippen molar-refractivity contribution in [2.24, 2.45) is 0 Å². The number of carbonyl (C=O) groups is 2. The van der Waals surface area contributed by atoms with Gasteiger partial charge in [0, 0.05) is 42.3 Å². The first-order chi connectivity index (χ1) is 11.7. The lowest BCUT2D eigenvalue weighted by atomic mass is 10.0. The molecule has 3 rings (SSSR count). The van der Waals surface area contributed by atoms with E-state index >= 15 is 0 Å². The first-order valence-corrected chi connectivity index (χ1v) is 8.83. The zero-order valence-electron chi connectivity index (χ0n) is 13.2. The summed E-state index contributed by atoms with van der Waals surface area (Å²) in [6.07, 6.45) is 6.49. The molecule has 1 aliphatic rings. The van der Waals surface area contributed by atoms with E-state index in [1.165, 1.54) is 17.4 Å². The molecule has 1 N–H and O–H groups in total. The van der Waals surface area contributed by atoms with E-state index in [2.05, 4.69) is 10.3 Å². The van der Waals surface area contributed by atoms with Gasteiger partial charge in [-0.05, 0) is 31.1 Å². The lowest BCUT2D eigenvalue weighted by Gasteiger charge is -2.32. The number of aromatic nitrogens is 1. The van der Waals surface area contributed by atoms with Gasteiger partial charge in [-0.25, -0.2) is 4.98 Å². The Balaban J connectivity index is 1.47. The maximum Gasteiger partial charge on any atom is 0.253 e. The van der Waals surface area contributed by atoms with Crippen LogP contribution in [0.2, 0.25) is 0 Å². The Bertz CT molecular complexity index is 705. The first kappa shape index (κ1) is 16.4. The number of rotatable bonds is 4. The average Bonchev–Trinajstić information content (AvgIpc) is 3.14. The van der Waals surface area contributed by atoms with Crippen LogP contribution in [-0.4, -0.2) is 40.8 Å². The van der Waals surface area contributed by atoms with E-state index in [0.29, 0.717) is 18.7 Å². The van der Waals surface area contributed by atoms with Crippen LogP contribution in [0.4, 0.5) is 0 Å². The number of hydrogen-bond donors (Lipinski definition) is 1. The number of thiazole rings is 1. The summed E-state index contributed by atoms with van der Waals surface area (Å²) in [7, 11) is 0. The zero-order chi connectivity index (χ0) is 16.8. The molecule has 0 atom stereocenters. The fourth-order valence-electron chi connectivity index (χ4n) is 2.70. The Kier molecular flexibility index (Phi) is 5.38. The molecule has 1 fully saturated rings. The van der Waals surface area contributed by atoms with E-state index in [1.807, 2.05) is 40.6 Å². The number of piperidine rings is 1. The summed E-state index contributed by atoms with van der Waals surface area (Å²) in [4.78, 5) is 30.3. The number of likely N-dealkylation sites (tertiary alicyclic amines) is 1. The number of amides is 2. The molecule has 0 radical (unpaired) electrons. The molecule has 0 spiro atoms. The third kappa shape index (κ3) is 4.29. The maximum absolute atomic E-state index is 12.4. The van der Waals surface area contributed by atoms with Gasteiger partial charge >= 0.3 is 0 Å². The van der Waals surface area contributed by atoms with E-state index < -0.39 is 0 Å². The van der Waals surface area contributed by atoms with Crippen LogP contribution in [0.15, 0.2) is 48.0 Å². The number of carbonyl (C=O) groups excluding carboxylic acids is 2. The summed E-state index contributed by atoms with van der Waals surface area (Å²) in [6, 6.07) is 9.42. The Labute approximate surface area is 145 Å². The van der Waals surface area contributed by atoms with Crippen molar-refractivity contribution < 1.29 is 9.59 Å². The average molecular weight is 341 g/mol. The molecular formula is C18H19N3O2S. The van der Waals surface area contributed by atoms with E-state index in [-0.39, 0.29) is 17.9 Å². The molecule has 24 heavy (non-hydrogen) atoms. The summed E-state index contributed by atoms with van der Waals surface area (Å²) in [5, 5.41) is 5.68. The second-order valence-electron chi connectivity index (χ2n) is 5.64. The molecule has 5 nitrogen and oxygen atoms in total. The van der Waals surface area contributed by atoms with Gasteiger partial charge in [0.25, 0.3) is 5.91 Å². The predicted octanol–water partition coefficient (Wildman–Crippen LogP) is 2.58. The Hall–Kier alpha value is -2.47. The summed E-state index contributed by atoms with van der Waals surface area (Å²) in [6.45, 7) is 1.32. The van der Waals surface area contributed by atoms with Crippen molar-refractivity contribution in [2.75, 3.05) is 13.1 Å². The Morgan fingerprint density at radius 1 is 1.21 bits per heavy atom. The molecule has 2 heterocycles. The van der Waals surface area contributed by atoms with Crippen molar-refractivity contribution in [1.82, 2.24) is 15.2 Å². The van der Waals surface area contributed by atoms with Crippen molar-refractivity contribution in [3.63, 3.8) is 0 Å². The molecule has 0 aliphatic carbocycles. The van der Waals surface area contributed by atoms with Crippen molar-refractivity contribution >= 4 is 29.2 Å². The van der Waals surface area contributed by atoms with Crippen LogP contribution < -0.4 is 5.32 Å². The van der Waals surface area contributed by atoms with Gasteiger partial charge in [-0.1, -0.05) is 18.2 Å². The molecule has 0 unspecified atom stereocenters. The molecule has 1 saturated heterocycles. The molecule has 6 heteroatoms. The van der Waals surface area contributed by atoms with Gasteiger partial charge in [0.05, 0.1) is 0 Å². The third-order valence-corrected chi connectivity index (χ3v) is 4.72. The van der Waals surface area contributed by atoms with Crippen LogP contribution in [-0.2, 0) is 4.79 Å². The van der Waals surface area contributed by atoms with Gasteiger partial charge in [0.1, 0.15) is 5.01 Å². The Morgan fingerprint density at radius 2 is 1.96 bits per heavy atom. The first-order valence-electron chi connectivity index (χ1n) is 7.95. The highest BCUT2D eigenvalue weighted by Crippen LogP contribution is 2.14. The van der Waals surface area contributed by atoms with Gasteiger partial charge in [0.2, 0.25) is 5.91 Å². The topological polar surface area (TPSA) is 62.3 Å². The van der Waals surface area contributed by atoms with Gasteiger partial charge in [-0.2, -0.15) is 0 Å². The number of hydrogen-bond acceptors (Lipinski definition) is 4. The summed E-state index contributed by atoms with van der Waals surface area (Å²) in [5.74, 6) is -0.0536. The number of benzene rings is 1.